The van der Waals surface area contributed by atoms with Gasteiger partial charge in [-0.3, -0.25) is 0 Å². The fraction of sp³-hybridized carbons (Fsp3) is 0.909. The second-order valence-corrected chi connectivity index (χ2v) is 7.92. The van der Waals surface area contributed by atoms with Gasteiger partial charge >= 0.3 is 0 Å². The fourth-order valence-corrected chi connectivity index (χ4v) is 2.96. The van der Waals surface area contributed by atoms with Gasteiger partial charge in [-0.15, -0.1) is 0 Å². The molecule has 0 aromatic carbocycles. The van der Waals surface area contributed by atoms with Crippen LogP contribution < -0.4 is 5.73 Å². The molecular formula is C11H22N2O2S2. The molecule has 1 saturated heterocycles. The Kier molecular flexibility index (Phi) is 4.92. The van der Waals surface area contributed by atoms with E-state index in [0.717, 1.165) is 25.9 Å². The zero-order valence-electron chi connectivity index (χ0n) is 10.6. The van der Waals surface area contributed by atoms with Crippen LogP contribution >= 0.6 is 12.2 Å². The smallest absolute Gasteiger partial charge is 0.151 e. The molecule has 0 aliphatic carbocycles. The first-order chi connectivity index (χ1) is 7.79. The molecule has 1 aliphatic rings. The number of hydrogen-bond acceptors (Lipinski definition) is 4. The minimum atomic E-state index is -2.86. The summed E-state index contributed by atoms with van der Waals surface area (Å²) in [7, 11) is -2.86. The molecule has 1 heterocycles. The Morgan fingerprint density at radius 2 is 1.94 bits per heavy atom. The van der Waals surface area contributed by atoms with E-state index < -0.39 is 9.84 Å². The van der Waals surface area contributed by atoms with Crippen molar-refractivity contribution in [2.75, 3.05) is 31.1 Å². The molecule has 0 unspecified atom stereocenters. The number of nitrogens with zero attached hydrogens (tertiary/aromatic N) is 1. The molecular weight excluding hydrogens is 256 g/mol. The van der Waals surface area contributed by atoms with E-state index in [2.05, 4.69) is 11.8 Å². The Labute approximate surface area is 109 Å². The van der Waals surface area contributed by atoms with Crippen molar-refractivity contribution in [2.45, 2.75) is 26.7 Å². The molecule has 0 spiro atoms. The number of piperidine rings is 1. The summed E-state index contributed by atoms with van der Waals surface area (Å²) in [6, 6.07) is 0. The predicted octanol–water partition coefficient (Wildman–Crippen LogP) is 0.809. The maximum Gasteiger partial charge on any atom is 0.151 e. The quantitative estimate of drug-likeness (QED) is 0.754. The summed E-state index contributed by atoms with van der Waals surface area (Å²) < 4.78 is 22.8. The van der Waals surface area contributed by atoms with Gasteiger partial charge in [-0.2, -0.15) is 0 Å². The van der Waals surface area contributed by atoms with E-state index in [1.54, 1.807) is 6.92 Å². The second-order valence-electron chi connectivity index (χ2n) is 5.00. The highest BCUT2D eigenvalue weighted by molar-refractivity contribution is 7.91. The van der Waals surface area contributed by atoms with Crippen molar-refractivity contribution >= 4 is 27.0 Å². The molecule has 0 saturated carbocycles. The summed E-state index contributed by atoms with van der Waals surface area (Å²) in [6.45, 7) is 6.18. The molecule has 0 atom stereocenters. The molecule has 17 heavy (non-hydrogen) atoms. The number of rotatable bonds is 5. The first kappa shape index (κ1) is 14.9. The van der Waals surface area contributed by atoms with Crippen molar-refractivity contribution in [3.63, 3.8) is 0 Å². The van der Waals surface area contributed by atoms with Gasteiger partial charge in [0, 0.05) is 17.7 Å². The van der Waals surface area contributed by atoms with Gasteiger partial charge in [0.25, 0.3) is 0 Å². The Hall–Kier alpha value is -0.200. The first-order valence-electron chi connectivity index (χ1n) is 6.02. The number of hydrogen-bond donors (Lipinski definition) is 1. The molecule has 0 bridgehead atoms. The van der Waals surface area contributed by atoms with E-state index in [1.807, 2.05) is 0 Å². The Bertz CT molecular complexity index is 371. The maximum atomic E-state index is 11.4. The summed E-state index contributed by atoms with van der Waals surface area (Å²) in [5.74, 6) is 0.485. The zero-order chi connectivity index (χ0) is 13.1. The number of nitrogens with two attached hydrogens (primary N) is 1. The summed E-state index contributed by atoms with van der Waals surface area (Å²) in [5.41, 5.74) is 5.68. The summed E-state index contributed by atoms with van der Waals surface area (Å²) in [6.07, 6.45) is 1.85. The molecule has 1 aliphatic heterocycles. The van der Waals surface area contributed by atoms with E-state index in [0.29, 0.717) is 11.5 Å². The van der Waals surface area contributed by atoms with Gasteiger partial charge in [-0.1, -0.05) is 26.1 Å². The monoisotopic (exact) mass is 278 g/mol. The van der Waals surface area contributed by atoms with Crippen molar-refractivity contribution in [2.24, 2.45) is 11.1 Å². The topological polar surface area (TPSA) is 63.4 Å². The van der Waals surface area contributed by atoms with Gasteiger partial charge in [-0.05, 0) is 25.9 Å². The normalized spacial score (nSPS) is 21.3. The van der Waals surface area contributed by atoms with E-state index in [-0.39, 0.29) is 16.9 Å². The molecule has 4 nitrogen and oxygen atoms in total. The van der Waals surface area contributed by atoms with Gasteiger partial charge in [0.2, 0.25) is 0 Å². The fourth-order valence-electron chi connectivity index (χ4n) is 1.93. The van der Waals surface area contributed by atoms with Gasteiger partial charge in [0.15, 0.2) is 9.84 Å². The summed E-state index contributed by atoms with van der Waals surface area (Å²) in [5, 5.41) is 0. The highest BCUT2D eigenvalue weighted by Crippen LogP contribution is 2.30. The van der Waals surface area contributed by atoms with Crippen molar-refractivity contribution in [3.8, 4) is 0 Å². The lowest BCUT2D eigenvalue weighted by Crippen LogP contribution is -2.45. The Balaban J connectivity index is 2.41. The zero-order valence-corrected chi connectivity index (χ0v) is 12.2. The third-order valence-electron chi connectivity index (χ3n) is 3.71. The highest BCUT2D eigenvalue weighted by Gasteiger charge is 2.32. The van der Waals surface area contributed by atoms with Crippen LogP contribution in [-0.4, -0.2) is 49.4 Å². The van der Waals surface area contributed by atoms with Gasteiger partial charge in [0.05, 0.1) is 10.7 Å². The molecule has 0 aromatic heterocycles. The average molecular weight is 278 g/mol. The van der Waals surface area contributed by atoms with Crippen molar-refractivity contribution in [1.29, 1.82) is 0 Å². The molecule has 1 fully saturated rings. The van der Waals surface area contributed by atoms with Crippen LogP contribution in [0.3, 0.4) is 0 Å². The van der Waals surface area contributed by atoms with Crippen LogP contribution in [0, 0.1) is 5.41 Å². The molecule has 100 valence electrons. The SMILES string of the molecule is CCS(=O)(=O)CCN1CCC(C)(C(N)=S)CC1. The van der Waals surface area contributed by atoms with Gasteiger partial charge in [-0.25, -0.2) is 8.42 Å². The second kappa shape index (κ2) is 5.63. The van der Waals surface area contributed by atoms with Gasteiger partial charge < -0.3 is 10.6 Å². The largest absolute Gasteiger partial charge is 0.393 e. The standard InChI is InChI=1S/C11H22N2O2S2/c1-3-17(14,15)9-8-13-6-4-11(2,5-7-13)10(12)16/h3-9H2,1-2H3,(H2,12,16). The predicted molar refractivity (Wildman–Crippen MR) is 74.9 cm³/mol. The van der Waals surface area contributed by atoms with Crippen LogP contribution in [0.5, 0.6) is 0 Å². The molecule has 2 N–H and O–H groups in total. The van der Waals surface area contributed by atoms with E-state index in [9.17, 15) is 8.42 Å². The number of likely N-dealkylation sites (tertiary alicyclic amines) is 1. The van der Waals surface area contributed by atoms with Crippen LogP contribution in [0.15, 0.2) is 0 Å². The van der Waals surface area contributed by atoms with E-state index >= 15 is 0 Å². The molecule has 1 rings (SSSR count). The lowest BCUT2D eigenvalue weighted by Gasteiger charge is -2.38. The molecule has 0 aromatic rings. The molecule has 0 amide bonds. The average Bonchev–Trinajstić information content (AvgIpc) is 2.28. The van der Waals surface area contributed by atoms with Crippen LogP contribution in [-0.2, 0) is 9.84 Å². The Morgan fingerprint density at radius 1 is 1.41 bits per heavy atom. The van der Waals surface area contributed by atoms with Crippen LogP contribution in [0.2, 0.25) is 0 Å². The first-order valence-corrected chi connectivity index (χ1v) is 8.25. The number of thiocarbonyl (C=S) groups is 1. The van der Waals surface area contributed by atoms with Crippen molar-refractivity contribution in [3.05, 3.63) is 0 Å². The van der Waals surface area contributed by atoms with Crippen molar-refractivity contribution < 1.29 is 8.42 Å². The third kappa shape index (κ3) is 4.19. The lowest BCUT2D eigenvalue weighted by atomic mass is 9.80. The number of sulfone groups is 1. The highest BCUT2D eigenvalue weighted by atomic mass is 32.2. The van der Waals surface area contributed by atoms with Crippen LogP contribution in [0.25, 0.3) is 0 Å². The minimum Gasteiger partial charge on any atom is -0.393 e. The van der Waals surface area contributed by atoms with Crippen LogP contribution in [0.1, 0.15) is 26.7 Å². The van der Waals surface area contributed by atoms with Gasteiger partial charge in [0.1, 0.15) is 0 Å². The molecule has 0 radical (unpaired) electrons. The van der Waals surface area contributed by atoms with Crippen molar-refractivity contribution in [1.82, 2.24) is 4.90 Å². The Morgan fingerprint density at radius 3 is 2.35 bits per heavy atom. The summed E-state index contributed by atoms with van der Waals surface area (Å²) >= 11 is 5.07. The lowest BCUT2D eigenvalue weighted by molar-refractivity contribution is 0.172. The minimum absolute atomic E-state index is 0.0462. The van der Waals surface area contributed by atoms with E-state index in [4.69, 9.17) is 18.0 Å². The maximum absolute atomic E-state index is 11.4. The molecule has 6 heteroatoms. The summed E-state index contributed by atoms with van der Waals surface area (Å²) in [4.78, 5) is 2.77. The van der Waals surface area contributed by atoms with Crippen LogP contribution in [0.4, 0.5) is 0 Å². The third-order valence-corrected chi connectivity index (χ3v) is 5.89. The van der Waals surface area contributed by atoms with E-state index in [1.165, 1.54) is 0 Å².